The minimum atomic E-state index is -3.49. The average molecular weight is 350 g/mol. The fraction of sp³-hybridized carbons (Fsp3) is 0.312. The number of nitrogens with one attached hydrogen (secondary N) is 1. The molecule has 0 bridgehead atoms. The summed E-state index contributed by atoms with van der Waals surface area (Å²) in [5.74, 6) is -0.444. The molecule has 3 rings (SSSR count). The van der Waals surface area contributed by atoms with E-state index in [0.717, 1.165) is 5.69 Å². The fourth-order valence-corrected chi connectivity index (χ4v) is 5.35. The molecule has 2 aromatic rings. The first kappa shape index (κ1) is 16.2. The monoisotopic (exact) mass is 350 g/mol. The number of hydrogen-bond donors (Lipinski definition) is 1. The van der Waals surface area contributed by atoms with Crippen LogP contribution in [0.15, 0.2) is 52.1 Å². The zero-order chi connectivity index (χ0) is 16.3. The second-order valence-corrected chi connectivity index (χ2v) is 8.60. The lowest BCUT2D eigenvalue weighted by atomic mass is 9.99. The van der Waals surface area contributed by atoms with E-state index in [-0.39, 0.29) is 18.4 Å². The van der Waals surface area contributed by atoms with E-state index in [2.05, 4.69) is 5.32 Å². The van der Waals surface area contributed by atoms with Crippen LogP contribution in [0.5, 0.6) is 0 Å². The molecule has 1 amide bonds. The minimum Gasteiger partial charge on any atom is -0.326 e. The number of thiophene rings is 1. The molecule has 1 fully saturated rings. The standard InChI is InChI=1S/C16H18N2O3S2/c19-16(17-14-7-2-1-3-8-14)13-6-4-10-18(12-13)23(20,21)15-9-5-11-22-15/h1-3,5,7-9,11,13H,4,6,10,12H2,(H,17,19). The number of hydrogen-bond acceptors (Lipinski definition) is 4. The third kappa shape index (κ3) is 3.63. The number of rotatable bonds is 4. The Morgan fingerprint density at radius 2 is 1.96 bits per heavy atom. The highest BCUT2D eigenvalue weighted by Gasteiger charge is 2.33. The van der Waals surface area contributed by atoms with Crippen LogP contribution in [-0.4, -0.2) is 31.7 Å². The summed E-state index contributed by atoms with van der Waals surface area (Å²) >= 11 is 1.21. The molecule has 1 atom stereocenters. The number of amides is 1. The molecule has 0 spiro atoms. The van der Waals surface area contributed by atoms with Crippen molar-refractivity contribution in [2.75, 3.05) is 18.4 Å². The van der Waals surface area contributed by atoms with E-state index < -0.39 is 10.0 Å². The van der Waals surface area contributed by atoms with Crippen LogP contribution in [0.25, 0.3) is 0 Å². The number of carbonyl (C=O) groups is 1. The van der Waals surface area contributed by atoms with E-state index in [1.807, 2.05) is 30.3 Å². The van der Waals surface area contributed by atoms with Gasteiger partial charge in [-0.15, -0.1) is 11.3 Å². The van der Waals surface area contributed by atoms with Gasteiger partial charge in [0.15, 0.2) is 0 Å². The molecule has 1 aliphatic heterocycles. The average Bonchev–Trinajstić information content (AvgIpc) is 3.11. The molecule has 1 unspecified atom stereocenters. The smallest absolute Gasteiger partial charge is 0.252 e. The van der Waals surface area contributed by atoms with Crippen LogP contribution in [-0.2, 0) is 14.8 Å². The Kier molecular flexibility index (Phi) is 4.79. The molecule has 7 heteroatoms. The Hall–Kier alpha value is -1.70. The summed E-state index contributed by atoms with van der Waals surface area (Å²) in [5.41, 5.74) is 0.732. The molecule has 23 heavy (non-hydrogen) atoms. The van der Waals surface area contributed by atoms with Gasteiger partial charge in [-0.1, -0.05) is 24.3 Å². The summed E-state index contributed by atoms with van der Waals surface area (Å²) in [7, 11) is -3.49. The molecule has 5 nitrogen and oxygen atoms in total. The maximum atomic E-state index is 12.6. The minimum absolute atomic E-state index is 0.123. The van der Waals surface area contributed by atoms with Crippen molar-refractivity contribution in [3.05, 3.63) is 47.8 Å². The highest BCUT2D eigenvalue weighted by molar-refractivity contribution is 7.91. The van der Waals surface area contributed by atoms with Crippen molar-refractivity contribution in [3.63, 3.8) is 0 Å². The van der Waals surface area contributed by atoms with E-state index in [4.69, 9.17) is 0 Å². The van der Waals surface area contributed by atoms with Crippen molar-refractivity contribution in [3.8, 4) is 0 Å². The maximum Gasteiger partial charge on any atom is 0.252 e. The molecule has 0 radical (unpaired) electrons. The van der Waals surface area contributed by atoms with Gasteiger partial charge in [-0.3, -0.25) is 4.79 Å². The number of anilines is 1. The lowest BCUT2D eigenvalue weighted by molar-refractivity contribution is -0.120. The second kappa shape index (κ2) is 6.82. The van der Waals surface area contributed by atoms with E-state index in [1.54, 1.807) is 17.5 Å². The quantitative estimate of drug-likeness (QED) is 0.922. The first-order chi connectivity index (χ1) is 11.1. The van der Waals surface area contributed by atoms with Crippen LogP contribution < -0.4 is 5.32 Å². The fourth-order valence-electron chi connectivity index (χ4n) is 2.68. The lowest BCUT2D eigenvalue weighted by Crippen LogP contribution is -2.43. The first-order valence-corrected chi connectivity index (χ1v) is 9.79. The molecular weight excluding hydrogens is 332 g/mol. The highest BCUT2D eigenvalue weighted by Crippen LogP contribution is 2.27. The van der Waals surface area contributed by atoms with Crippen LogP contribution in [0, 0.1) is 5.92 Å². The van der Waals surface area contributed by atoms with Crippen LogP contribution in [0.3, 0.4) is 0 Å². The van der Waals surface area contributed by atoms with Crippen LogP contribution >= 0.6 is 11.3 Å². The first-order valence-electron chi connectivity index (χ1n) is 7.47. The predicted octanol–water partition coefficient (Wildman–Crippen LogP) is 2.79. The Morgan fingerprint density at radius 3 is 2.65 bits per heavy atom. The molecular formula is C16H18N2O3S2. The molecule has 122 valence electrons. The predicted molar refractivity (Wildman–Crippen MR) is 90.9 cm³/mol. The van der Waals surface area contributed by atoms with E-state index in [1.165, 1.54) is 15.6 Å². The van der Waals surface area contributed by atoms with Crippen LogP contribution in [0.2, 0.25) is 0 Å². The second-order valence-electron chi connectivity index (χ2n) is 5.49. The number of para-hydroxylation sites is 1. The van der Waals surface area contributed by atoms with Gasteiger partial charge >= 0.3 is 0 Å². The van der Waals surface area contributed by atoms with Crippen LogP contribution in [0.1, 0.15) is 12.8 Å². The topological polar surface area (TPSA) is 66.5 Å². The van der Waals surface area contributed by atoms with Gasteiger partial charge in [0.25, 0.3) is 10.0 Å². The van der Waals surface area contributed by atoms with Gasteiger partial charge in [0.1, 0.15) is 4.21 Å². The van der Waals surface area contributed by atoms with Gasteiger partial charge in [0, 0.05) is 18.8 Å². The van der Waals surface area contributed by atoms with E-state index in [9.17, 15) is 13.2 Å². The van der Waals surface area contributed by atoms with Gasteiger partial charge in [-0.05, 0) is 36.4 Å². The molecule has 1 aromatic heterocycles. The Morgan fingerprint density at radius 1 is 1.17 bits per heavy atom. The Balaban J connectivity index is 1.70. The number of benzene rings is 1. The SMILES string of the molecule is O=C(Nc1ccccc1)C1CCCN(S(=O)(=O)c2cccs2)C1. The van der Waals surface area contributed by atoms with Crippen molar-refractivity contribution in [2.24, 2.45) is 5.92 Å². The number of sulfonamides is 1. The molecule has 1 saturated heterocycles. The van der Waals surface area contributed by atoms with Crippen molar-refractivity contribution in [2.45, 2.75) is 17.1 Å². The van der Waals surface area contributed by atoms with Gasteiger partial charge in [0.05, 0.1) is 5.92 Å². The largest absolute Gasteiger partial charge is 0.326 e. The third-order valence-electron chi connectivity index (χ3n) is 3.89. The molecule has 0 saturated carbocycles. The third-order valence-corrected chi connectivity index (χ3v) is 7.12. The number of nitrogens with zero attached hydrogens (tertiary/aromatic N) is 1. The summed E-state index contributed by atoms with van der Waals surface area (Å²) in [5, 5.41) is 4.61. The molecule has 0 aliphatic carbocycles. The zero-order valence-corrected chi connectivity index (χ0v) is 14.1. The van der Waals surface area contributed by atoms with Gasteiger partial charge in [0.2, 0.25) is 5.91 Å². The summed E-state index contributed by atoms with van der Waals surface area (Å²) in [6, 6.07) is 12.6. The van der Waals surface area contributed by atoms with Crippen molar-refractivity contribution in [1.82, 2.24) is 4.31 Å². The number of carbonyl (C=O) groups excluding carboxylic acids is 1. The summed E-state index contributed by atoms with van der Waals surface area (Å²) in [4.78, 5) is 12.4. The lowest BCUT2D eigenvalue weighted by Gasteiger charge is -2.30. The van der Waals surface area contributed by atoms with Gasteiger partial charge in [-0.25, -0.2) is 8.42 Å². The molecule has 1 aromatic carbocycles. The Labute approximate surface area is 140 Å². The van der Waals surface area contributed by atoms with Crippen LogP contribution in [0.4, 0.5) is 5.69 Å². The number of piperidine rings is 1. The highest BCUT2D eigenvalue weighted by atomic mass is 32.2. The summed E-state index contributed by atoms with van der Waals surface area (Å²) in [6.07, 6.45) is 1.40. The maximum absolute atomic E-state index is 12.6. The normalized spacial score (nSPS) is 19.4. The van der Waals surface area contributed by atoms with Gasteiger partial charge < -0.3 is 5.32 Å². The van der Waals surface area contributed by atoms with Crippen molar-refractivity contribution < 1.29 is 13.2 Å². The van der Waals surface area contributed by atoms with Crippen molar-refractivity contribution in [1.29, 1.82) is 0 Å². The summed E-state index contributed by atoms with van der Waals surface area (Å²) in [6.45, 7) is 0.703. The van der Waals surface area contributed by atoms with E-state index in [0.29, 0.717) is 23.6 Å². The zero-order valence-electron chi connectivity index (χ0n) is 12.5. The molecule has 1 aliphatic rings. The Bertz CT molecular complexity index is 758. The van der Waals surface area contributed by atoms with Crippen molar-refractivity contribution >= 4 is 33.0 Å². The van der Waals surface area contributed by atoms with Gasteiger partial charge in [-0.2, -0.15) is 4.31 Å². The molecule has 2 heterocycles. The van der Waals surface area contributed by atoms with E-state index >= 15 is 0 Å². The summed E-state index contributed by atoms with van der Waals surface area (Å²) < 4.78 is 26.9. The molecule has 1 N–H and O–H groups in total.